The van der Waals surface area contributed by atoms with Crippen LogP contribution in [0.1, 0.15) is 12.0 Å². The van der Waals surface area contributed by atoms with Crippen molar-refractivity contribution >= 4 is 17.2 Å². The molecule has 1 atom stereocenters. The van der Waals surface area contributed by atoms with Crippen molar-refractivity contribution in [3.05, 3.63) is 29.8 Å². The van der Waals surface area contributed by atoms with Crippen LogP contribution in [0.15, 0.2) is 24.3 Å². The summed E-state index contributed by atoms with van der Waals surface area (Å²) in [4.78, 5) is 2.64. The van der Waals surface area contributed by atoms with E-state index in [2.05, 4.69) is 4.90 Å². The molecule has 6 heteroatoms. The SMILES string of the molecule is NC(=S)c1ccccc1OCCCN1CCOC(CO)C1. The third-order valence-electron chi connectivity index (χ3n) is 3.46. The second kappa shape index (κ2) is 8.29. The molecular formula is C15H22N2O3S. The summed E-state index contributed by atoms with van der Waals surface area (Å²) in [7, 11) is 0. The van der Waals surface area contributed by atoms with Crippen molar-refractivity contribution in [2.75, 3.05) is 39.5 Å². The van der Waals surface area contributed by atoms with E-state index in [4.69, 9.17) is 32.5 Å². The van der Waals surface area contributed by atoms with Crippen LogP contribution in [0.2, 0.25) is 0 Å². The normalized spacial score (nSPS) is 19.4. The van der Waals surface area contributed by atoms with Gasteiger partial charge in [0.05, 0.1) is 31.5 Å². The van der Waals surface area contributed by atoms with Gasteiger partial charge in [-0.3, -0.25) is 4.90 Å². The lowest BCUT2D eigenvalue weighted by Gasteiger charge is -2.31. The van der Waals surface area contributed by atoms with Crippen LogP contribution in [-0.2, 0) is 4.74 Å². The molecule has 1 aromatic carbocycles. The maximum Gasteiger partial charge on any atom is 0.129 e. The highest BCUT2D eigenvalue weighted by molar-refractivity contribution is 7.80. The molecule has 1 unspecified atom stereocenters. The highest BCUT2D eigenvalue weighted by Crippen LogP contribution is 2.18. The summed E-state index contributed by atoms with van der Waals surface area (Å²) >= 11 is 5.01. The molecule has 3 N–H and O–H groups in total. The minimum absolute atomic E-state index is 0.0602. The Morgan fingerprint density at radius 2 is 2.29 bits per heavy atom. The van der Waals surface area contributed by atoms with Gasteiger partial charge in [0.15, 0.2) is 0 Å². The van der Waals surface area contributed by atoms with Crippen molar-refractivity contribution < 1.29 is 14.6 Å². The first-order valence-corrected chi connectivity index (χ1v) is 7.58. The summed E-state index contributed by atoms with van der Waals surface area (Å²) in [6.45, 7) is 3.97. The number of hydrogen-bond acceptors (Lipinski definition) is 5. The van der Waals surface area contributed by atoms with Gasteiger partial charge in [-0.05, 0) is 18.6 Å². The minimum Gasteiger partial charge on any atom is -0.493 e. The quantitative estimate of drug-likeness (QED) is 0.573. The van der Waals surface area contributed by atoms with Crippen molar-refractivity contribution in [2.45, 2.75) is 12.5 Å². The van der Waals surface area contributed by atoms with Gasteiger partial charge in [-0.2, -0.15) is 0 Å². The molecule has 1 aliphatic heterocycles. The average molecular weight is 310 g/mol. The van der Waals surface area contributed by atoms with E-state index in [9.17, 15) is 0 Å². The molecule has 116 valence electrons. The number of hydrogen-bond donors (Lipinski definition) is 2. The molecular weight excluding hydrogens is 288 g/mol. The molecule has 0 aromatic heterocycles. The fraction of sp³-hybridized carbons (Fsp3) is 0.533. The van der Waals surface area contributed by atoms with Gasteiger partial charge in [0.25, 0.3) is 0 Å². The van der Waals surface area contributed by atoms with Crippen molar-refractivity contribution in [3.8, 4) is 5.75 Å². The number of benzene rings is 1. The predicted octanol–water partition coefficient (Wildman–Crippen LogP) is 0.783. The second-order valence-electron chi connectivity index (χ2n) is 5.04. The van der Waals surface area contributed by atoms with E-state index >= 15 is 0 Å². The van der Waals surface area contributed by atoms with Crippen molar-refractivity contribution in [1.82, 2.24) is 4.90 Å². The molecule has 1 saturated heterocycles. The predicted molar refractivity (Wildman–Crippen MR) is 85.7 cm³/mol. The van der Waals surface area contributed by atoms with Crippen molar-refractivity contribution in [3.63, 3.8) is 0 Å². The van der Waals surface area contributed by atoms with Crippen LogP contribution in [0.25, 0.3) is 0 Å². The van der Waals surface area contributed by atoms with E-state index in [1.165, 1.54) is 0 Å². The smallest absolute Gasteiger partial charge is 0.129 e. The Labute approximate surface area is 130 Å². The van der Waals surface area contributed by atoms with Gasteiger partial charge in [0, 0.05) is 19.6 Å². The molecule has 1 aromatic rings. The largest absolute Gasteiger partial charge is 0.493 e. The van der Waals surface area contributed by atoms with E-state index < -0.39 is 0 Å². The maximum absolute atomic E-state index is 9.11. The van der Waals surface area contributed by atoms with E-state index in [0.29, 0.717) is 18.2 Å². The molecule has 0 bridgehead atoms. The second-order valence-corrected chi connectivity index (χ2v) is 5.48. The van der Waals surface area contributed by atoms with Gasteiger partial charge < -0.3 is 20.3 Å². The van der Waals surface area contributed by atoms with Crippen LogP contribution in [0.3, 0.4) is 0 Å². The lowest BCUT2D eigenvalue weighted by atomic mass is 10.2. The Morgan fingerprint density at radius 3 is 3.05 bits per heavy atom. The van der Waals surface area contributed by atoms with E-state index in [0.717, 1.165) is 37.4 Å². The molecule has 1 fully saturated rings. The van der Waals surface area contributed by atoms with Gasteiger partial charge in [-0.15, -0.1) is 0 Å². The number of ether oxygens (including phenoxy) is 2. The summed E-state index contributed by atoms with van der Waals surface area (Å²) in [6, 6.07) is 7.55. The number of nitrogens with two attached hydrogens (primary N) is 1. The number of morpholine rings is 1. The zero-order chi connectivity index (χ0) is 15.1. The molecule has 0 aliphatic carbocycles. The maximum atomic E-state index is 9.11. The molecule has 0 radical (unpaired) electrons. The molecule has 1 aliphatic rings. The minimum atomic E-state index is -0.0602. The van der Waals surface area contributed by atoms with Crippen LogP contribution >= 0.6 is 12.2 Å². The summed E-state index contributed by atoms with van der Waals surface area (Å²) in [5.41, 5.74) is 6.45. The fourth-order valence-electron chi connectivity index (χ4n) is 2.36. The van der Waals surface area contributed by atoms with Gasteiger partial charge in [-0.25, -0.2) is 0 Å². The number of thiocarbonyl (C=S) groups is 1. The van der Waals surface area contributed by atoms with E-state index in [1.54, 1.807) is 0 Å². The monoisotopic (exact) mass is 310 g/mol. The van der Waals surface area contributed by atoms with Gasteiger partial charge in [0.2, 0.25) is 0 Å². The van der Waals surface area contributed by atoms with E-state index in [-0.39, 0.29) is 12.7 Å². The summed E-state index contributed by atoms with van der Waals surface area (Å²) in [5, 5.41) is 9.11. The molecule has 5 nitrogen and oxygen atoms in total. The van der Waals surface area contributed by atoms with Crippen LogP contribution in [0.5, 0.6) is 5.75 Å². The Kier molecular flexibility index (Phi) is 6.38. The first-order chi connectivity index (χ1) is 10.2. The van der Waals surface area contributed by atoms with Crippen molar-refractivity contribution in [2.24, 2.45) is 5.73 Å². The Balaban J connectivity index is 1.74. The molecule has 0 saturated carbocycles. The summed E-state index contributed by atoms with van der Waals surface area (Å²) in [5.74, 6) is 0.736. The number of aliphatic hydroxyl groups is 1. The molecule has 0 spiro atoms. The van der Waals surface area contributed by atoms with Crippen LogP contribution in [0.4, 0.5) is 0 Å². The zero-order valence-corrected chi connectivity index (χ0v) is 12.8. The summed E-state index contributed by atoms with van der Waals surface area (Å²) < 4.78 is 11.2. The van der Waals surface area contributed by atoms with Gasteiger partial charge in [0.1, 0.15) is 10.7 Å². The number of para-hydroxylation sites is 1. The average Bonchev–Trinajstić information content (AvgIpc) is 2.52. The highest BCUT2D eigenvalue weighted by Gasteiger charge is 2.19. The first-order valence-electron chi connectivity index (χ1n) is 7.17. The van der Waals surface area contributed by atoms with Crippen molar-refractivity contribution in [1.29, 1.82) is 0 Å². The van der Waals surface area contributed by atoms with Gasteiger partial charge in [-0.1, -0.05) is 24.4 Å². The first kappa shape index (κ1) is 16.2. The fourth-order valence-corrected chi connectivity index (χ4v) is 2.53. The zero-order valence-electron chi connectivity index (χ0n) is 12.0. The van der Waals surface area contributed by atoms with E-state index in [1.807, 2.05) is 24.3 Å². The molecule has 2 rings (SSSR count). The lowest BCUT2D eigenvalue weighted by molar-refractivity contribution is -0.0533. The molecule has 1 heterocycles. The lowest BCUT2D eigenvalue weighted by Crippen LogP contribution is -2.44. The standard InChI is InChI=1S/C15H22N2O3S/c16-15(21)13-4-1-2-5-14(13)20-8-3-6-17-7-9-19-12(10-17)11-18/h1-2,4-5,12,18H,3,6-11H2,(H2,16,21). The number of nitrogens with zero attached hydrogens (tertiary/aromatic N) is 1. The highest BCUT2D eigenvalue weighted by atomic mass is 32.1. The van der Waals surface area contributed by atoms with Crippen LogP contribution in [0, 0.1) is 0 Å². The summed E-state index contributed by atoms with van der Waals surface area (Å²) in [6.07, 6.45) is 0.846. The molecule has 21 heavy (non-hydrogen) atoms. The van der Waals surface area contributed by atoms with Crippen LogP contribution in [-0.4, -0.2) is 60.6 Å². The van der Waals surface area contributed by atoms with Gasteiger partial charge >= 0.3 is 0 Å². The number of aliphatic hydroxyl groups excluding tert-OH is 1. The topological polar surface area (TPSA) is 68.0 Å². The Morgan fingerprint density at radius 1 is 1.48 bits per heavy atom. The Hall–Kier alpha value is -1.21. The third-order valence-corrected chi connectivity index (χ3v) is 3.68. The molecule has 0 amide bonds. The Bertz CT molecular complexity index is 470. The number of rotatable bonds is 7. The van der Waals surface area contributed by atoms with Crippen LogP contribution < -0.4 is 10.5 Å². The third kappa shape index (κ3) is 4.93.